The molecule has 1 heterocycles. The maximum absolute atomic E-state index is 12.4. The van der Waals surface area contributed by atoms with Crippen molar-refractivity contribution in [2.75, 3.05) is 16.8 Å². The molecule has 0 unspecified atom stereocenters. The van der Waals surface area contributed by atoms with Gasteiger partial charge in [0.2, 0.25) is 11.8 Å². The average Bonchev–Trinajstić information content (AvgIpc) is 2.98. The summed E-state index contributed by atoms with van der Waals surface area (Å²) in [6, 6.07) is 16.7. The number of nitrogens with one attached hydrogen (secondary N) is 1. The number of carbonyl (C=O) groups excluding carboxylic acids is 2. The molecule has 1 N–H and O–H groups in total. The molecule has 1 fully saturated rings. The highest BCUT2D eigenvalue weighted by molar-refractivity contribution is 6.03. The van der Waals surface area contributed by atoms with E-state index in [9.17, 15) is 9.59 Å². The van der Waals surface area contributed by atoms with Crippen molar-refractivity contribution in [2.24, 2.45) is 5.92 Å². The second-order valence-corrected chi connectivity index (χ2v) is 6.42. The van der Waals surface area contributed by atoms with E-state index in [-0.39, 0.29) is 30.3 Å². The lowest BCUT2D eigenvalue weighted by Crippen LogP contribution is -2.28. The zero-order chi connectivity index (χ0) is 17.8. The highest BCUT2D eigenvalue weighted by Gasteiger charge is 2.35. The topological polar surface area (TPSA) is 58.6 Å². The first-order valence-electron chi connectivity index (χ1n) is 8.46. The lowest BCUT2D eigenvalue weighted by Gasteiger charge is -2.18. The predicted molar refractivity (Wildman–Crippen MR) is 97.7 cm³/mol. The van der Waals surface area contributed by atoms with Gasteiger partial charge in [-0.05, 0) is 50.2 Å². The molecule has 0 aromatic heterocycles. The number of amides is 2. The Labute approximate surface area is 147 Å². The number of para-hydroxylation sites is 1. The van der Waals surface area contributed by atoms with Crippen LogP contribution < -0.4 is 15.0 Å². The first-order chi connectivity index (χ1) is 12.0. The van der Waals surface area contributed by atoms with Crippen molar-refractivity contribution >= 4 is 23.2 Å². The van der Waals surface area contributed by atoms with Crippen molar-refractivity contribution in [1.82, 2.24) is 0 Å². The van der Waals surface area contributed by atoms with Crippen LogP contribution in [0.3, 0.4) is 0 Å². The van der Waals surface area contributed by atoms with Gasteiger partial charge in [0, 0.05) is 24.3 Å². The lowest BCUT2D eigenvalue weighted by molar-refractivity contribution is -0.122. The Balaban J connectivity index is 1.65. The van der Waals surface area contributed by atoms with Crippen LogP contribution in [0.25, 0.3) is 0 Å². The van der Waals surface area contributed by atoms with Crippen LogP contribution in [-0.4, -0.2) is 24.5 Å². The highest BCUT2D eigenvalue weighted by Crippen LogP contribution is 2.27. The molecule has 2 aromatic carbocycles. The van der Waals surface area contributed by atoms with Crippen molar-refractivity contribution in [3.63, 3.8) is 0 Å². The molecule has 2 amide bonds. The Bertz CT molecular complexity index is 741. The van der Waals surface area contributed by atoms with Gasteiger partial charge >= 0.3 is 0 Å². The second-order valence-electron chi connectivity index (χ2n) is 6.42. The SMILES string of the molecule is CC(C)Oc1ccc(N2C[C@@H](C(=O)Nc3ccccc3)CC2=O)cc1. The first-order valence-corrected chi connectivity index (χ1v) is 8.46. The largest absolute Gasteiger partial charge is 0.491 e. The van der Waals surface area contributed by atoms with Crippen LogP contribution in [0.15, 0.2) is 54.6 Å². The number of ether oxygens (including phenoxy) is 1. The lowest BCUT2D eigenvalue weighted by atomic mass is 10.1. The third-order valence-corrected chi connectivity index (χ3v) is 4.06. The molecule has 0 saturated carbocycles. The minimum absolute atomic E-state index is 0.0364. The van der Waals surface area contributed by atoms with Gasteiger partial charge in [0.15, 0.2) is 0 Å². The third-order valence-electron chi connectivity index (χ3n) is 4.06. The van der Waals surface area contributed by atoms with E-state index >= 15 is 0 Å². The number of hydrogen-bond acceptors (Lipinski definition) is 3. The summed E-state index contributed by atoms with van der Waals surface area (Å²) in [6.07, 6.45) is 0.327. The van der Waals surface area contributed by atoms with E-state index in [2.05, 4.69) is 5.32 Å². The Kier molecular flexibility index (Phi) is 5.03. The smallest absolute Gasteiger partial charge is 0.229 e. The Hall–Kier alpha value is -2.82. The van der Waals surface area contributed by atoms with Crippen LogP contribution in [0, 0.1) is 5.92 Å². The van der Waals surface area contributed by atoms with E-state index in [0.29, 0.717) is 6.54 Å². The van der Waals surface area contributed by atoms with E-state index in [1.54, 1.807) is 4.90 Å². The van der Waals surface area contributed by atoms with Gasteiger partial charge in [0.25, 0.3) is 0 Å². The quantitative estimate of drug-likeness (QED) is 0.908. The molecule has 25 heavy (non-hydrogen) atoms. The number of rotatable bonds is 5. The molecule has 130 valence electrons. The molecule has 1 saturated heterocycles. The average molecular weight is 338 g/mol. The van der Waals surface area contributed by atoms with Crippen LogP contribution >= 0.6 is 0 Å². The number of anilines is 2. The monoisotopic (exact) mass is 338 g/mol. The Morgan fingerprint density at radius 1 is 1.12 bits per heavy atom. The van der Waals surface area contributed by atoms with Gasteiger partial charge in [-0.3, -0.25) is 9.59 Å². The van der Waals surface area contributed by atoms with E-state index in [0.717, 1.165) is 17.1 Å². The summed E-state index contributed by atoms with van der Waals surface area (Å²) in [5, 5.41) is 2.87. The normalized spacial score (nSPS) is 17.0. The van der Waals surface area contributed by atoms with Crippen LogP contribution in [0.2, 0.25) is 0 Å². The maximum Gasteiger partial charge on any atom is 0.229 e. The number of hydrogen-bond donors (Lipinski definition) is 1. The van der Waals surface area contributed by atoms with E-state index in [4.69, 9.17) is 4.74 Å². The molecule has 2 aromatic rings. The van der Waals surface area contributed by atoms with E-state index < -0.39 is 0 Å². The van der Waals surface area contributed by atoms with Gasteiger partial charge in [0.1, 0.15) is 5.75 Å². The molecule has 3 rings (SSSR count). The number of benzene rings is 2. The van der Waals surface area contributed by atoms with Crippen molar-refractivity contribution in [1.29, 1.82) is 0 Å². The summed E-state index contributed by atoms with van der Waals surface area (Å²) in [5.41, 5.74) is 1.53. The fraction of sp³-hybridized carbons (Fsp3) is 0.300. The van der Waals surface area contributed by atoms with Gasteiger partial charge in [0.05, 0.1) is 12.0 Å². The van der Waals surface area contributed by atoms with E-state index in [1.807, 2.05) is 68.4 Å². The summed E-state index contributed by atoms with van der Waals surface area (Å²) in [5.74, 6) is 0.260. The first kappa shape index (κ1) is 17.0. The highest BCUT2D eigenvalue weighted by atomic mass is 16.5. The molecule has 0 radical (unpaired) electrons. The number of nitrogens with zero attached hydrogens (tertiary/aromatic N) is 1. The van der Waals surface area contributed by atoms with E-state index in [1.165, 1.54) is 0 Å². The summed E-state index contributed by atoms with van der Waals surface area (Å²) in [4.78, 5) is 26.4. The van der Waals surface area contributed by atoms with Crippen molar-refractivity contribution < 1.29 is 14.3 Å². The molecule has 1 atom stereocenters. The van der Waals surface area contributed by atoms with Crippen LogP contribution in [-0.2, 0) is 9.59 Å². The summed E-state index contributed by atoms with van der Waals surface area (Å²) in [6.45, 7) is 4.32. The summed E-state index contributed by atoms with van der Waals surface area (Å²) < 4.78 is 5.62. The van der Waals surface area contributed by atoms with Crippen molar-refractivity contribution in [3.05, 3.63) is 54.6 Å². The second kappa shape index (κ2) is 7.38. The van der Waals surface area contributed by atoms with Crippen LogP contribution in [0.1, 0.15) is 20.3 Å². The standard InChI is InChI=1S/C20H22N2O3/c1-14(2)25-18-10-8-17(9-11-18)22-13-15(12-19(22)23)20(24)21-16-6-4-3-5-7-16/h3-11,14-15H,12-13H2,1-2H3,(H,21,24)/t15-/m0/s1. The molecule has 5 heteroatoms. The molecule has 1 aliphatic heterocycles. The fourth-order valence-electron chi connectivity index (χ4n) is 2.88. The molecular formula is C20H22N2O3. The van der Waals surface area contributed by atoms with Crippen molar-refractivity contribution in [3.8, 4) is 5.75 Å². The Morgan fingerprint density at radius 2 is 1.80 bits per heavy atom. The molecular weight excluding hydrogens is 316 g/mol. The zero-order valence-electron chi connectivity index (χ0n) is 14.4. The maximum atomic E-state index is 12.4. The molecule has 0 aliphatic carbocycles. The minimum Gasteiger partial charge on any atom is -0.491 e. The Morgan fingerprint density at radius 3 is 2.44 bits per heavy atom. The zero-order valence-corrected chi connectivity index (χ0v) is 14.4. The summed E-state index contributed by atoms with van der Waals surface area (Å²) >= 11 is 0. The van der Waals surface area contributed by atoms with Crippen molar-refractivity contribution in [2.45, 2.75) is 26.4 Å². The van der Waals surface area contributed by atoms with Gasteiger partial charge < -0.3 is 15.0 Å². The molecule has 0 bridgehead atoms. The third kappa shape index (κ3) is 4.18. The predicted octanol–water partition coefficient (Wildman–Crippen LogP) is 3.47. The van der Waals surface area contributed by atoms with Gasteiger partial charge in [-0.2, -0.15) is 0 Å². The minimum atomic E-state index is -0.348. The van der Waals surface area contributed by atoms with Gasteiger partial charge in [-0.25, -0.2) is 0 Å². The summed E-state index contributed by atoms with van der Waals surface area (Å²) in [7, 11) is 0. The van der Waals surface area contributed by atoms with Crippen LogP contribution in [0.4, 0.5) is 11.4 Å². The van der Waals surface area contributed by atoms with Gasteiger partial charge in [-0.1, -0.05) is 18.2 Å². The van der Waals surface area contributed by atoms with Crippen LogP contribution in [0.5, 0.6) is 5.75 Å². The fourth-order valence-corrected chi connectivity index (χ4v) is 2.88. The van der Waals surface area contributed by atoms with Gasteiger partial charge in [-0.15, -0.1) is 0 Å². The molecule has 5 nitrogen and oxygen atoms in total. The number of carbonyl (C=O) groups is 2. The molecule has 0 spiro atoms. The molecule has 1 aliphatic rings.